The van der Waals surface area contributed by atoms with Crippen LogP contribution in [0.3, 0.4) is 0 Å². The Labute approximate surface area is 185 Å². The van der Waals surface area contributed by atoms with E-state index in [1.807, 2.05) is 30.5 Å². The van der Waals surface area contributed by atoms with Crippen molar-refractivity contribution in [3.05, 3.63) is 79.0 Å². The normalized spacial score (nSPS) is 14.2. The number of hydrogen-bond acceptors (Lipinski definition) is 8. The fourth-order valence-electron chi connectivity index (χ4n) is 3.45. The average molecular weight is 429 g/mol. The van der Waals surface area contributed by atoms with Gasteiger partial charge in [-0.1, -0.05) is 17.3 Å². The van der Waals surface area contributed by atoms with Crippen molar-refractivity contribution >= 4 is 11.5 Å². The number of nitrogens with zero attached hydrogens (tertiary/aromatic N) is 6. The molecule has 4 aromatic rings. The molecule has 5 rings (SSSR count). The Bertz CT molecular complexity index is 1130. The topological polar surface area (TPSA) is 90.2 Å². The molecule has 9 heteroatoms. The maximum absolute atomic E-state index is 5.72. The molecule has 0 aliphatic carbocycles. The molecule has 162 valence electrons. The number of aromatic nitrogens is 5. The lowest BCUT2D eigenvalue weighted by Crippen LogP contribution is -2.35. The van der Waals surface area contributed by atoms with Crippen molar-refractivity contribution in [1.82, 2.24) is 29.9 Å². The SMILES string of the molecule is c1ncc(Oc2ccc(-n3cc(Nc4ccc(CN5CCOCC5)cc4)nn3)cc2)cn1. The van der Waals surface area contributed by atoms with E-state index in [9.17, 15) is 0 Å². The summed E-state index contributed by atoms with van der Waals surface area (Å²) in [7, 11) is 0. The van der Waals surface area contributed by atoms with E-state index in [1.165, 1.54) is 11.9 Å². The molecule has 0 atom stereocenters. The second-order valence-corrected chi connectivity index (χ2v) is 7.43. The lowest BCUT2D eigenvalue weighted by Gasteiger charge is -2.26. The Hall–Kier alpha value is -3.82. The fourth-order valence-corrected chi connectivity index (χ4v) is 3.45. The van der Waals surface area contributed by atoms with Gasteiger partial charge < -0.3 is 14.8 Å². The van der Waals surface area contributed by atoms with Crippen LogP contribution in [0.15, 0.2) is 73.4 Å². The molecule has 2 aromatic carbocycles. The predicted octanol–water partition coefficient (Wildman–Crippen LogP) is 3.43. The van der Waals surface area contributed by atoms with Crippen molar-refractivity contribution < 1.29 is 9.47 Å². The molecule has 1 fully saturated rings. The van der Waals surface area contributed by atoms with Crippen molar-refractivity contribution in [1.29, 1.82) is 0 Å². The summed E-state index contributed by atoms with van der Waals surface area (Å²) < 4.78 is 12.8. The smallest absolute Gasteiger partial charge is 0.173 e. The van der Waals surface area contributed by atoms with Gasteiger partial charge in [0.15, 0.2) is 11.6 Å². The third-order valence-electron chi connectivity index (χ3n) is 5.10. The second kappa shape index (κ2) is 9.54. The highest BCUT2D eigenvalue weighted by Gasteiger charge is 2.11. The summed E-state index contributed by atoms with van der Waals surface area (Å²) in [6.45, 7) is 4.53. The number of benzene rings is 2. The average Bonchev–Trinajstić information content (AvgIpc) is 3.31. The highest BCUT2D eigenvalue weighted by Crippen LogP contribution is 2.22. The van der Waals surface area contributed by atoms with Crippen LogP contribution in [-0.4, -0.2) is 56.2 Å². The molecule has 32 heavy (non-hydrogen) atoms. The van der Waals surface area contributed by atoms with Gasteiger partial charge in [-0.15, -0.1) is 5.10 Å². The van der Waals surface area contributed by atoms with Crippen LogP contribution in [0.4, 0.5) is 11.5 Å². The minimum Gasteiger partial charge on any atom is -0.454 e. The molecular formula is C23H23N7O2. The maximum Gasteiger partial charge on any atom is 0.173 e. The van der Waals surface area contributed by atoms with Crippen LogP contribution < -0.4 is 10.1 Å². The van der Waals surface area contributed by atoms with E-state index in [0.29, 0.717) is 17.3 Å². The molecule has 1 aliphatic rings. The highest BCUT2D eigenvalue weighted by molar-refractivity contribution is 5.56. The summed E-state index contributed by atoms with van der Waals surface area (Å²) in [6, 6.07) is 16.0. The van der Waals surface area contributed by atoms with Gasteiger partial charge in [-0.3, -0.25) is 4.90 Å². The molecule has 1 aliphatic heterocycles. The zero-order chi connectivity index (χ0) is 21.6. The molecule has 1 N–H and O–H groups in total. The van der Waals surface area contributed by atoms with Gasteiger partial charge >= 0.3 is 0 Å². The van der Waals surface area contributed by atoms with Crippen molar-refractivity contribution in [2.24, 2.45) is 0 Å². The third kappa shape index (κ3) is 5.08. The quantitative estimate of drug-likeness (QED) is 0.478. The van der Waals surface area contributed by atoms with Crippen LogP contribution in [-0.2, 0) is 11.3 Å². The van der Waals surface area contributed by atoms with Crippen molar-refractivity contribution in [3.8, 4) is 17.2 Å². The van der Waals surface area contributed by atoms with Gasteiger partial charge in [0.2, 0.25) is 0 Å². The molecule has 3 heterocycles. The van der Waals surface area contributed by atoms with Gasteiger partial charge in [0.1, 0.15) is 12.1 Å². The maximum atomic E-state index is 5.72. The van der Waals surface area contributed by atoms with Gasteiger partial charge in [-0.25, -0.2) is 14.6 Å². The molecule has 0 radical (unpaired) electrons. The summed E-state index contributed by atoms with van der Waals surface area (Å²) in [6.07, 6.45) is 6.55. The van der Waals surface area contributed by atoms with E-state index in [0.717, 1.165) is 44.2 Å². The lowest BCUT2D eigenvalue weighted by atomic mass is 10.2. The standard InChI is InChI=1S/C23H23N7O2/c1-3-19(4-2-18(1)15-29-9-11-31-12-10-29)26-23-16-30(28-27-23)20-5-7-21(8-6-20)32-22-13-24-17-25-14-22/h1-8,13-14,16-17,26H,9-12,15H2. The van der Waals surface area contributed by atoms with Crippen LogP contribution in [0.2, 0.25) is 0 Å². The van der Waals surface area contributed by atoms with E-state index >= 15 is 0 Å². The van der Waals surface area contributed by atoms with Crippen LogP contribution in [0, 0.1) is 0 Å². The zero-order valence-corrected chi connectivity index (χ0v) is 17.5. The van der Waals surface area contributed by atoms with E-state index in [-0.39, 0.29) is 0 Å². The molecule has 0 unspecified atom stereocenters. The number of nitrogens with one attached hydrogen (secondary N) is 1. The highest BCUT2D eigenvalue weighted by atomic mass is 16.5. The summed E-state index contributed by atoms with van der Waals surface area (Å²) in [5, 5.41) is 11.7. The molecule has 0 saturated carbocycles. The molecule has 0 amide bonds. The number of ether oxygens (including phenoxy) is 2. The number of anilines is 2. The fraction of sp³-hybridized carbons (Fsp3) is 0.217. The lowest BCUT2D eigenvalue weighted by molar-refractivity contribution is 0.0342. The van der Waals surface area contributed by atoms with E-state index in [1.54, 1.807) is 17.1 Å². The monoisotopic (exact) mass is 429 g/mol. The molecule has 0 spiro atoms. The Kier molecular flexibility index (Phi) is 6.00. The summed E-state index contributed by atoms with van der Waals surface area (Å²) in [5.41, 5.74) is 3.13. The molecule has 9 nitrogen and oxygen atoms in total. The van der Waals surface area contributed by atoms with E-state index < -0.39 is 0 Å². The van der Waals surface area contributed by atoms with Gasteiger partial charge in [0.25, 0.3) is 0 Å². The Balaban J connectivity index is 1.19. The zero-order valence-electron chi connectivity index (χ0n) is 17.5. The van der Waals surface area contributed by atoms with Crippen LogP contribution in [0.5, 0.6) is 11.5 Å². The van der Waals surface area contributed by atoms with Gasteiger partial charge in [0, 0.05) is 25.3 Å². The summed E-state index contributed by atoms with van der Waals surface area (Å²) >= 11 is 0. The second-order valence-electron chi connectivity index (χ2n) is 7.43. The van der Waals surface area contributed by atoms with Gasteiger partial charge in [0.05, 0.1) is 37.5 Å². The number of morpholine rings is 1. The number of hydrogen-bond donors (Lipinski definition) is 1. The minimum atomic E-state index is 0.587. The Morgan fingerprint density at radius 1 is 0.906 bits per heavy atom. The van der Waals surface area contributed by atoms with Gasteiger partial charge in [-0.2, -0.15) is 0 Å². The summed E-state index contributed by atoms with van der Waals surface area (Å²) in [5.74, 6) is 1.95. The van der Waals surface area contributed by atoms with E-state index in [4.69, 9.17) is 9.47 Å². The Morgan fingerprint density at radius 2 is 1.66 bits per heavy atom. The molecule has 1 saturated heterocycles. The van der Waals surface area contributed by atoms with Crippen LogP contribution in [0.1, 0.15) is 5.56 Å². The summed E-state index contributed by atoms with van der Waals surface area (Å²) in [4.78, 5) is 10.3. The minimum absolute atomic E-state index is 0.587. The Morgan fingerprint density at radius 3 is 2.41 bits per heavy atom. The molecule has 2 aromatic heterocycles. The first kappa shape index (κ1) is 20.1. The first-order valence-corrected chi connectivity index (χ1v) is 10.4. The van der Waals surface area contributed by atoms with Crippen molar-refractivity contribution in [2.45, 2.75) is 6.54 Å². The van der Waals surface area contributed by atoms with Crippen LogP contribution in [0.25, 0.3) is 5.69 Å². The number of rotatable bonds is 7. The first-order chi connectivity index (χ1) is 15.8. The van der Waals surface area contributed by atoms with Crippen LogP contribution >= 0.6 is 0 Å². The van der Waals surface area contributed by atoms with Crippen molar-refractivity contribution in [3.63, 3.8) is 0 Å². The van der Waals surface area contributed by atoms with Crippen molar-refractivity contribution in [2.75, 3.05) is 31.6 Å². The molecule has 0 bridgehead atoms. The van der Waals surface area contributed by atoms with E-state index in [2.05, 4.69) is 54.8 Å². The third-order valence-corrected chi connectivity index (χ3v) is 5.10. The first-order valence-electron chi connectivity index (χ1n) is 10.4. The van der Waals surface area contributed by atoms with Gasteiger partial charge in [-0.05, 0) is 42.0 Å². The largest absolute Gasteiger partial charge is 0.454 e. The molecular weight excluding hydrogens is 406 g/mol. The predicted molar refractivity (Wildman–Crippen MR) is 119 cm³/mol.